The SMILES string of the molecule is CC(C)(C)c1cc(-c2ccc3ccc4ccc(-c5cc(C(C)(C)C)cc(C(C)(C)C)c5)nc4c3n2)cc(C(C)(C)C)c1. The summed E-state index contributed by atoms with van der Waals surface area (Å²) in [6.07, 6.45) is 0. The summed E-state index contributed by atoms with van der Waals surface area (Å²) in [5.41, 5.74) is 11.7. The highest BCUT2D eigenvalue weighted by atomic mass is 14.8. The van der Waals surface area contributed by atoms with Gasteiger partial charge in [0.05, 0.1) is 22.4 Å². The molecule has 2 aromatic heterocycles. The Kier molecular flexibility index (Phi) is 7.16. The van der Waals surface area contributed by atoms with Gasteiger partial charge in [0, 0.05) is 21.9 Å². The molecule has 3 aromatic carbocycles. The van der Waals surface area contributed by atoms with E-state index in [0.29, 0.717) is 0 Å². The van der Waals surface area contributed by atoms with Gasteiger partial charge < -0.3 is 0 Å². The average molecular weight is 557 g/mol. The molecule has 0 aliphatic heterocycles. The first kappa shape index (κ1) is 30.0. The molecule has 0 unspecified atom stereocenters. The van der Waals surface area contributed by atoms with E-state index in [9.17, 15) is 0 Å². The highest BCUT2D eigenvalue weighted by Gasteiger charge is 2.23. The summed E-state index contributed by atoms with van der Waals surface area (Å²) < 4.78 is 0. The monoisotopic (exact) mass is 556 g/mol. The molecule has 2 heterocycles. The van der Waals surface area contributed by atoms with Gasteiger partial charge in [-0.25, -0.2) is 9.97 Å². The maximum Gasteiger partial charge on any atom is 0.0972 e. The van der Waals surface area contributed by atoms with Crippen molar-refractivity contribution < 1.29 is 0 Å². The Labute approximate surface area is 253 Å². The molecule has 5 rings (SSSR count). The molecule has 0 aliphatic carbocycles. The lowest BCUT2D eigenvalue weighted by atomic mass is 9.79. The maximum atomic E-state index is 5.31. The second-order valence-corrected chi connectivity index (χ2v) is 16.2. The van der Waals surface area contributed by atoms with Crippen LogP contribution in [-0.2, 0) is 21.7 Å². The van der Waals surface area contributed by atoms with E-state index >= 15 is 0 Å². The lowest BCUT2D eigenvalue weighted by Crippen LogP contribution is -2.16. The number of hydrogen-bond donors (Lipinski definition) is 0. The van der Waals surface area contributed by atoms with Gasteiger partial charge in [-0.2, -0.15) is 0 Å². The second-order valence-electron chi connectivity index (χ2n) is 16.2. The highest BCUT2D eigenvalue weighted by Crippen LogP contribution is 2.37. The molecule has 0 bridgehead atoms. The van der Waals surface area contributed by atoms with E-state index in [1.807, 2.05) is 0 Å². The maximum absolute atomic E-state index is 5.31. The normalized spacial score (nSPS) is 13.2. The largest absolute Gasteiger partial charge is 0.245 e. The molecule has 2 heteroatoms. The van der Waals surface area contributed by atoms with Crippen LogP contribution in [0.25, 0.3) is 44.3 Å². The van der Waals surface area contributed by atoms with Gasteiger partial charge in [-0.05, 0) is 80.3 Å². The van der Waals surface area contributed by atoms with E-state index in [1.165, 1.54) is 22.3 Å². The summed E-state index contributed by atoms with van der Waals surface area (Å²) in [6, 6.07) is 27.1. The fourth-order valence-electron chi connectivity index (χ4n) is 5.37. The minimum Gasteiger partial charge on any atom is -0.245 e. The number of hydrogen-bond acceptors (Lipinski definition) is 2. The van der Waals surface area contributed by atoms with Crippen LogP contribution in [0.5, 0.6) is 0 Å². The first-order valence-corrected chi connectivity index (χ1v) is 15.3. The fourth-order valence-corrected chi connectivity index (χ4v) is 5.37. The van der Waals surface area contributed by atoms with Crippen LogP contribution in [0.3, 0.4) is 0 Å². The lowest BCUT2D eigenvalue weighted by molar-refractivity contribution is 0.568. The molecule has 0 radical (unpaired) electrons. The summed E-state index contributed by atoms with van der Waals surface area (Å²) in [7, 11) is 0. The highest BCUT2D eigenvalue weighted by molar-refractivity contribution is 6.04. The molecule has 218 valence electrons. The number of nitrogens with zero attached hydrogens (tertiary/aromatic N) is 2. The quantitative estimate of drug-likeness (QED) is 0.202. The second kappa shape index (κ2) is 10.0. The van der Waals surface area contributed by atoms with Crippen LogP contribution in [0.1, 0.15) is 105 Å². The third-order valence-electron chi connectivity index (χ3n) is 8.44. The summed E-state index contributed by atoms with van der Waals surface area (Å²) >= 11 is 0. The smallest absolute Gasteiger partial charge is 0.0972 e. The van der Waals surface area contributed by atoms with Crippen molar-refractivity contribution in [1.82, 2.24) is 9.97 Å². The Morgan fingerprint density at radius 1 is 0.357 bits per heavy atom. The van der Waals surface area contributed by atoms with E-state index in [-0.39, 0.29) is 21.7 Å². The van der Waals surface area contributed by atoms with Crippen molar-refractivity contribution in [3.8, 4) is 22.5 Å². The summed E-state index contributed by atoms with van der Waals surface area (Å²) in [5, 5.41) is 2.22. The van der Waals surface area contributed by atoms with Crippen molar-refractivity contribution in [3.05, 3.63) is 95.1 Å². The Bertz CT molecular complexity index is 1600. The lowest BCUT2D eigenvalue weighted by Gasteiger charge is -2.26. The minimum atomic E-state index is 0.0452. The minimum absolute atomic E-state index is 0.0452. The van der Waals surface area contributed by atoms with Crippen LogP contribution in [0, 0.1) is 0 Å². The van der Waals surface area contributed by atoms with Gasteiger partial charge in [0.1, 0.15) is 0 Å². The van der Waals surface area contributed by atoms with Crippen LogP contribution in [0.2, 0.25) is 0 Å². The van der Waals surface area contributed by atoms with Gasteiger partial charge in [-0.15, -0.1) is 0 Å². The predicted molar refractivity (Wildman–Crippen MR) is 183 cm³/mol. The van der Waals surface area contributed by atoms with Gasteiger partial charge in [-0.3, -0.25) is 0 Å². The average Bonchev–Trinajstić information content (AvgIpc) is 2.90. The summed E-state index contributed by atoms with van der Waals surface area (Å²) in [5.74, 6) is 0. The molecule has 5 aromatic rings. The molecule has 0 amide bonds. The Morgan fingerprint density at radius 3 is 0.881 bits per heavy atom. The molecule has 0 fully saturated rings. The van der Waals surface area contributed by atoms with Crippen LogP contribution in [0.15, 0.2) is 72.8 Å². The van der Waals surface area contributed by atoms with E-state index < -0.39 is 0 Å². The van der Waals surface area contributed by atoms with Crippen molar-refractivity contribution in [1.29, 1.82) is 0 Å². The van der Waals surface area contributed by atoms with Crippen LogP contribution < -0.4 is 0 Å². The van der Waals surface area contributed by atoms with Gasteiger partial charge in [-0.1, -0.05) is 119 Å². The molecule has 2 nitrogen and oxygen atoms in total. The van der Waals surface area contributed by atoms with Gasteiger partial charge in [0.15, 0.2) is 0 Å². The molecule has 0 N–H and O–H groups in total. The molecule has 0 aliphatic rings. The fraction of sp³-hybridized carbons (Fsp3) is 0.400. The molecule has 0 saturated carbocycles. The zero-order chi connectivity index (χ0) is 30.8. The third-order valence-corrected chi connectivity index (χ3v) is 8.44. The number of pyridine rings is 2. The van der Waals surface area contributed by atoms with Gasteiger partial charge in [0.25, 0.3) is 0 Å². The van der Waals surface area contributed by atoms with Crippen molar-refractivity contribution >= 4 is 21.8 Å². The Hall–Kier alpha value is -3.52. The van der Waals surface area contributed by atoms with Crippen LogP contribution >= 0.6 is 0 Å². The number of rotatable bonds is 2. The molecule has 0 saturated heterocycles. The third kappa shape index (κ3) is 6.00. The summed E-state index contributed by atoms with van der Waals surface area (Å²) in [6.45, 7) is 27.4. The molecular weight excluding hydrogens is 508 g/mol. The van der Waals surface area contributed by atoms with Crippen molar-refractivity contribution in [2.45, 2.75) is 105 Å². The van der Waals surface area contributed by atoms with Crippen molar-refractivity contribution in [2.75, 3.05) is 0 Å². The molecule has 0 spiro atoms. The van der Waals surface area contributed by atoms with Gasteiger partial charge >= 0.3 is 0 Å². The standard InChI is InChI=1S/C40H48N2/c1-37(2,3)29-19-27(20-30(23-29)38(4,5)6)33-17-15-25-13-14-26-16-18-34(42-36(26)35(25)41-33)28-21-31(39(7,8)9)24-32(22-28)40(10,11)12/h13-24H,1-12H3. The first-order valence-electron chi connectivity index (χ1n) is 15.3. The van der Waals surface area contributed by atoms with Gasteiger partial charge in [0.2, 0.25) is 0 Å². The van der Waals surface area contributed by atoms with Crippen molar-refractivity contribution in [3.63, 3.8) is 0 Å². The predicted octanol–water partition coefficient (Wildman–Crippen LogP) is 11.3. The zero-order valence-corrected chi connectivity index (χ0v) is 27.8. The molecular formula is C40H48N2. The van der Waals surface area contributed by atoms with Crippen LogP contribution in [0.4, 0.5) is 0 Å². The summed E-state index contributed by atoms with van der Waals surface area (Å²) in [4.78, 5) is 10.6. The van der Waals surface area contributed by atoms with E-state index in [4.69, 9.17) is 9.97 Å². The first-order chi connectivity index (χ1) is 19.3. The topological polar surface area (TPSA) is 25.8 Å². The van der Waals surface area contributed by atoms with E-state index in [0.717, 1.165) is 44.3 Å². The number of fused-ring (bicyclic) bond motifs is 3. The van der Waals surface area contributed by atoms with E-state index in [2.05, 4.69) is 156 Å². The van der Waals surface area contributed by atoms with Crippen molar-refractivity contribution in [2.24, 2.45) is 0 Å². The molecule has 0 atom stereocenters. The van der Waals surface area contributed by atoms with Crippen LogP contribution in [-0.4, -0.2) is 9.97 Å². The Balaban J connectivity index is 1.73. The van der Waals surface area contributed by atoms with E-state index in [1.54, 1.807) is 0 Å². The number of aromatic nitrogens is 2. The molecule has 42 heavy (non-hydrogen) atoms. The zero-order valence-electron chi connectivity index (χ0n) is 27.8. The Morgan fingerprint density at radius 2 is 0.619 bits per heavy atom. The number of benzene rings is 3.